The van der Waals surface area contributed by atoms with Crippen molar-refractivity contribution < 1.29 is 14.6 Å². The van der Waals surface area contributed by atoms with Crippen molar-refractivity contribution in [3.05, 3.63) is 23.8 Å². The number of benzene rings is 1. The number of methoxy groups -OCH3 is 1. The Morgan fingerprint density at radius 1 is 1.47 bits per heavy atom. The number of aliphatic hydroxyl groups is 1. The molecule has 3 atom stereocenters. The summed E-state index contributed by atoms with van der Waals surface area (Å²) in [4.78, 5) is 0. The lowest BCUT2D eigenvalue weighted by molar-refractivity contribution is -0.0412. The van der Waals surface area contributed by atoms with Crippen LogP contribution < -0.4 is 9.47 Å². The van der Waals surface area contributed by atoms with E-state index in [9.17, 15) is 5.11 Å². The first-order valence-electron chi connectivity index (χ1n) is 7.23. The zero-order valence-corrected chi connectivity index (χ0v) is 11.7. The fraction of sp³-hybridized carbons (Fsp3) is 0.625. The summed E-state index contributed by atoms with van der Waals surface area (Å²) < 4.78 is 11.6. The molecule has 0 bridgehead atoms. The van der Waals surface area contributed by atoms with Gasteiger partial charge in [0.05, 0.1) is 13.2 Å². The molecule has 104 valence electrons. The Hall–Kier alpha value is -1.22. The Labute approximate surface area is 114 Å². The molecule has 1 aromatic carbocycles. The van der Waals surface area contributed by atoms with Crippen molar-refractivity contribution in [1.82, 2.24) is 0 Å². The normalized spacial score (nSPS) is 33.0. The highest BCUT2D eigenvalue weighted by Crippen LogP contribution is 2.51. The van der Waals surface area contributed by atoms with Gasteiger partial charge < -0.3 is 14.6 Å². The molecule has 1 aliphatic heterocycles. The summed E-state index contributed by atoms with van der Waals surface area (Å²) >= 11 is 0. The van der Waals surface area contributed by atoms with E-state index in [4.69, 9.17) is 9.47 Å². The second-order valence-corrected chi connectivity index (χ2v) is 5.79. The molecule has 1 aliphatic carbocycles. The zero-order valence-electron chi connectivity index (χ0n) is 11.7. The monoisotopic (exact) mass is 262 g/mol. The lowest BCUT2D eigenvalue weighted by Gasteiger charge is -2.42. The average molecular weight is 262 g/mol. The summed E-state index contributed by atoms with van der Waals surface area (Å²) in [5.41, 5.74) is 0.737. The molecular formula is C16H22O3. The van der Waals surface area contributed by atoms with Gasteiger partial charge in [-0.3, -0.25) is 0 Å². The van der Waals surface area contributed by atoms with Crippen LogP contribution in [0.4, 0.5) is 0 Å². The fourth-order valence-electron chi connectivity index (χ4n) is 3.80. The maximum absolute atomic E-state index is 10.4. The van der Waals surface area contributed by atoms with Crippen LogP contribution in [0, 0.1) is 5.92 Å². The van der Waals surface area contributed by atoms with Crippen LogP contribution in [0.15, 0.2) is 18.2 Å². The number of fused-ring (bicyclic) bond motifs is 1. The maximum Gasteiger partial charge on any atom is 0.129 e. The van der Waals surface area contributed by atoms with Gasteiger partial charge in [0.1, 0.15) is 17.1 Å². The van der Waals surface area contributed by atoms with Crippen LogP contribution in [-0.4, -0.2) is 17.8 Å². The molecule has 1 fully saturated rings. The van der Waals surface area contributed by atoms with Crippen LogP contribution in [0.3, 0.4) is 0 Å². The standard InChI is InChI=1S/C16H22O3/c1-3-11-5-4-8-16(11)10-14(17)13-7-6-12(18-2)9-15(13)19-16/h6-7,9,11,14,17H,3-5,8,10H2,1-2H3/t11?,14-,16?/m0/s1. The van der Waals surface area contributed by atoms with Crippen molar-refractivity contribution in [2.45, 2.75) is 50.7 Å². The summed E-state index contributed by atoms with van der Waals surface area (Å²) in [6.45, 7) is 2.22. The summed E-state index contributed by atoms with van der Waals surface area (Å²) in [6, 6.07) is 5.71. The number of rotatable bonds is 2. The molecule has 3 rings (SSSR count). The number of ether oxygens (including phenoxy) is 2. The highest BCUT2D eigenvalue weighted by atomic mass is 16.5. The van der Waals surface area contributed by atoms with E-state index in [1.807, 2.05) is 18.2 Å². The summed E-state index contributed by atoms with van der Waals surface area (Å²) in [5.74, 6) is 2.15. The van der Waals surface area contributed by atoms with E-state index in [1.54, 1.807) is 7.11 Å². The first-order valence-corrected chi connectivity index (χ1v) is 7.23. The molecule has 1 spiro atoms. The van der Waals surface area contributed by atoms with E-state index in [-0.39, 0.29) is 5.60 Å². The lowest BCUT2D eigenvalue weighted by Crippen LogP contribution is -2.44. The van der Waals surface area contributed by atoms with E-state index >= 15 is 0 Å². The van der Waals surface area contributed by atoms with Gasteiger partial charge >= 0.3 is 0 Å². The van der Waals surface area contributed by atoms with E-state index < -0.39 is 6.10 Å². The first-order chi connectivity index (χ1) is 9.18. The van der Waals surface area contributed by atoms with Crippen LogP contribution in [0.1, 0.15) is 50.7 Å². The van der Waals surface area contributed by atoms with Crippen LogP contribution in [0.2, 0.25) is 0 Å². The fourth-order valence-corrected chi connectivity index (χ4v) is 3.80. The smallest absolute Gasteiger partial charge is 0.129 e. The van der Waals surface area contributed by atoms with E-state index in [0.717, 1.165) is 36.3 Å². The Kier molecular flexibility index (Phi) is 3.17. The number of hydrogen-bond donors (Lipinski definition) is 1. The Morgan fingerprint density at radius 2 is 2.32 bits per heavy atom. The van der Waals surface area contributed by atoms with Gasteiger partial charge in [0, 0.05) is 18.1 Å². The Morgan fingerprint density at radius 3 is 3.05 bits per heavy atom. The van der Waals surface area contributed by atoms with Gasteiger partial charge in [0.25, 0.3) is 0 Å². The van der Waals surface area contributed by atoms with Crippen molar-refractivity contribution in [1.29, 1.82) is 0 Å². The molecule has 2 unspecified atom stereocenters. The molecule has 1 aromatic rings. The van der Waals surface area contributed by atoms with Gasteiger partial charge in [0.15, 0.2) is 0 Å². The topological polar surface area (TPSA) is 38.7 Å². The van der Waals surface area contributed by atoms with Crippen LogP contribution >= 0.6 is 0 Å². The second-order valence-electron chi connectivity index (χ2n) is 5.79. The molecule has 3 heteroatoms. The number of aliphatic hydroxyl groups excluding tert-OH is 1. The molecule has 0 amide bonds. The van der Waals surface area contributed by atoms with Gasteiger partial charge in [-0.15, -0.1) is 0 Å². The molecule has 1 saturated carbocycles. The summed E-state index contributed by atoms with van der Waals surface area (Å²) in [5, 5.41) is 10.4. The van der Waals surface area contributed by atoms with Crippen molar-refractivity contribution in [2.24, 2.45) is 5.92 Å². The summed E-state index contributed by atoms with van der Waals surface area (Å²) in [7, 11) is 1.65. The second kappa shape index (κ2) is 4.71. The quantitative estimate of drug-likeness (QED) is 0.887. The van der Waals surface area contributed by atoms with E-state index in [0.29, 0.717) is 5.92 Å². The van der Waals surface area contributed by atoms with Gasteiger partial charge in [-0.2, -0.15) is 0 Å². The largest absolute Gasteiger partial charge is 0.497 e. The van der Waals surface area contributed by atoms with Crippen LogP contribution in [-0.2, 0) is 0 Å². The Bertz CT molecular complexity index is 471. The first kappa shape index (κ1) is 12.8. The predicted molar refractivity (Wildman–Crippen MR) is 73.6 cm³/mol. The predicted octanol–water partition coefficient (Wildman–Crippen LogP) is 3.46. The van der Waals surface area contributed by atoms with Gasteiger partial charge in [-0.25, -0.2) is 0 Å². The Balaban J connectivity index is 1.98. The molecule has 3 nitrogen and oxygen atoms in total. The third-order valence-corrected chi connectivity index (χ3v) is 4.82. The molecular weight excluding hydrogens is 240 g/mol. The molecule has 2 aliphatic rings. The minimum atomic E-state index is -0.415. The molecule has 19 heavy (non-hydrogen) atoms. The molecule has 0 aromatic heterocycles. The van der Waals surface area contributed by atoms with Gasteiger partial charge in [-0.05, 0) is 43.7 Å². The minimum Gasteiger partial charge on any atom is -0.497 e. The van der Waals surface area contributed by atoms with Gasteiger partial charge in [-0.1, -0.05) is 6.92 Å². The zero-order chi connectivity index (χ0) is 13.5. The van der Waals surface area contributed by atoms with Gasteiger partial charge in [0.2, 0.25) is 0 Å². The molecule has 0 saturated heterocycles. The third kappa shape index (κ3) is 2.00. The van der Waals surface area contributed by atoms with E-state index in [2.05, 4.69) is 6.92 Å². The highest BCUT2D eigenvalue weighted by molar-refractivity contribution is 5.44. The molecule has 0 radical (unpaired) electrons. The molecule has 1 heterocycles. The van der Waals surface area contributed by atoms with Crippen molar-refractivity contribution in [2.75, 3.05) is 7.11 Å². The lowest BCUT2D eigenvalue weighted by atomic mass is 9.80. The SMILES string of the molecule is CCC1CCCC12C[C@H](O)c1ccc(OC)cc1O2. The van der Waals surface area contributed by atoms with E-state index in [1.165, 1.54) is 12.8 Å². The maximum atomic E-state index is 10.4. The minimum absolute atomic E-state index is 0.159. The van der Waals surface area contributed by atoms with Crippen LogP contribution in [0.25, 0.3) is 0 Å². The van der Waals surface area contributed by atoms with Crippen molar-refractivity contribution in [3.8, 4) is 11.5 Å². The third-order valence-electron chi connectivity index (χ3n) is 4.82. The highest BCUT2D eigenvalue weighted by Gasteiger charge is 2.48. The summed E-state index contributed by atoms with van der Waals surface area (Å²) in [6.07, 6.45) is 4.89. The van der Waals surface area contributed by atoms with Crippen molar-refractivity contribution >= 4 is 0 Å². The van der Waals surface area contributed by atoms with Crippen LogP contribution in [0.5, 0.6) is 11.5 Å². The molecule has 1 N–H and O–H groups in total. The average Bonchev–Trinajstić information content (AvgIpc) is 2.79. The number of hydrogen-bond acceptors (Lipinski definition) is 3. The van der Waals surface area contributed by atoms with Crippen molar-refractivity contribution in [3.63, 3.8) is 0 Å².